The first-order chi connectivity index (χ1) is 13.6. The SMILES string of the molecule is CCOc1ccc(SCC(=O)NCc2cc3c(cc2OCC)CC(C)O3)cc1. The van der Waals surface area contributed by atoms with Gasteiger partial charge in [-0.05, 0) is 57.2 Å². The zero-order valence-corrected chi connectivity index (χ0v) is 17.4. The molecule has 2 aromatic carbocycles. The van der Waals surface area contributed by atoms with Crippen LogP contribution in [0, 0.1) is 0 Å². The first kappa shape index (κ1) is 20.4. The number of carbonyl (C=O) groups excluding carboxylic acids is 1. The predicted molar refractivity (Wildman–Crippen MR) is 112 cm³/mol. The molecule has 0 radical (unpaired) electrons. The highest BCUT2D eigenvalue weighted by atomic mass is 32.2. The van der Waals surface area contributed by atoms with E-state index in [-0.39, 0.29) is 12.0 Å². The number of carbonyl (C=O) groups is 1. The Morgan fingerprint density at radius 1 is 1.18 bits per heavy atom. The second-order valence-electron chi connectivity index (χ2n) is 6.60. The number of ether oxygens (including phenoxy) is 3. The van der Waals surface area contributed by atoms with Crippen molar-refractivity contribution in [3.63, 3.8) is 0 Å². The lowest BCUT2D eigenvalue weighted by Gasteiger charge is -2.13. The molecular weight excluding hydrogens is 374 g/mol. The van der Waals surface area contributed by atoms with E-state index < -0.39 is 0 Å². The molecule has 0 saturated carbocycles. The van der Waals surface area contributed by atoms with Crippen LogP contribution in [0.15, 0.2) is 41.3 Å². The molecule has 0 bridgehead atoms. The maximum absolute atomic E-state index is 12.3. The van der Waals surface area contributed by atoms with Gasteiger partial charge in [-0.1, -0.05) is 0 Å². The monoisotopic (exact) mass is 401 g/mol. The standard InChI is InChI=1S/C22H27NO4S/c1-4-25-18-6-8-19(9-7-18)28-14-22(24)23-13-17-12-21-16(10-15(3)27-21)11-20(17)26-5-2/h6-9,11-12,15H,4-5,10,13-14H2,1-3H3,(H,23,24). The second-order valence-corrected chi connectivity index (χ2v) is 7.65. The van der Waals surface area contributed by atoms with E-state index in [9.17, 15) is 4.79 Å². The van der Waals surface area contributed by atoms with Crippen molar-refractivity contribution in [1.29, 1.82) is 0 Å². The van der Waals surface area contributed by atoms with Crippen LogP contribution in [0.25, 0.3) is 0 Å². The van der Waals surface area contributed by atoms with Crippen LogP contribution in [-0.2, 0) is 17.8 Å². The number of thioether (sulfide) groups is 1. The van der Waals surface area contributed by atoms with Gasteiger partial charge in [0.2, 0.25) is 5.91 Å². The Bertz CT molecular complexity index is 807. The first-order valence-electron chi connectivity index (χ1n) is 9.66. The molecule has 6 heteroatoms. The minimum Gasteiger partial charge on any atom is -0.494 e. The normalized spacial score (nSPS) is 14.9. The number of hydrogen-bond acceptors (Lipinski definition) is 5. The molecule has 1 N–H and O–H groups in total. The lowest BCUT2D eigenvalue weighted by molar-refractivity contribution is -0.118. The average molecular weight is 402 g/mol. The van der Waals surface area contributed by atoms with Gasteiger partial charge in [-0.3, -0.25) is 4.79 Å². The molecule has 1 atom stereocenters. The predicted octanol–water partition coefficient (Wildman–Crippen LogP) is 4.22. The smallest absolute Gasteiger partial charge is 0.230 e. The molecule has 1 aliphatic heterocycles. The summed E-state index contributed by atoms with van der Waals surface area (Å²) in [7, 11) is 0. The fraction of sp³-hybridized carbons (Fsp3) is 0.409. The Labute approximate surface area is 170 Å². The van der Waals surface area contributed by atoms with Gasteiger partial charge in [-0.25, -0.2) is 0 Å². The fourth-order valence-corrected chi connectivity index (χ4v) is 3.83. The van der Waals surface area contributed by atoms with Gasteiger partial charge in [0.15, 0.2) is 0 Å². The largest absolute Gasteiger partial charge is 0.494 e. The van der Waals surface area contributed by atoms with Crippen LogP contribution in [0.3, 0.4) is 0 Å². The number of rotatable bonds is 9. The Morgan fingerprint density at radius 3 is 2.64 bits per heavy atom. The summed E-state index contributed by atoms with van der Waals surface area (Å²) in [5.74, 6) is 2.89. The molecule has 1 amide bonds. The second kappa shape index (κ2) is 9.73. The topological polar surface area (TPSA) is 56.8 Å². The van der Waals surface area contributed by atoms with Crippen LogP contribution in [0.5, 0.6) is 17.2 Å². The summed E-state index contributed by atoms with van der Waals surface area (Å²) in [5, 5.41) is 2.98. The fourth-order valence-electron chi connectivity index (χ4n) is 3.10. The van der Waals surface area contributed by atoms with Gasteiger partial charge in [0.1, 0.15) is 23.4 Å². The summed E-state index contributed by atoms with van der Waals surface area (Å²) in [5.41, 5.74) is 2.10. The third kappa shape index (κ3) is 5.35. The van der Waals surface area contributed by atoms with Gasteiger partial charge in [0.05, 0.1) is 19.0 Å². The van der Waals surface area contributed by atoms with Crippen molar-refractivity contribution in [2.45, 2.75) is 44.7 Å². The molecule has 1 unspecified atom stereocenters. The molecule has 0 spiro atoms. The van der Waals surface area contributed by atoms with Crippen molar-refractivity contribution in [2.75, 3.05) is 19.0 Å². The maximum Gasteiger partial charge on any atom is 0.230 e. The third-order valence-corrected chi connectivity index (χ3v) is 5.37. The van der Waals surface area contributed by atoms with Crippen molar-refractivity contribution in [3.05, 3.63) is 47.5 Å². The third-order valence-electron chi connectivity index (χ3n) is 4.36. The minimum absolute atomic E-state index is 0.0175. The van der Waals surface area contributed by atoms with Crippen molar-refractivity contribution in [2.24, 2.45) is 0 Å². The van der Waals surface area contributed by atoms with Crippen LogP contribution in [-0.4, -0.2) is 31.0 Å². The number of fused-ring (bicyclic) bond motifs is 1. The van der Waals surface area contributed by atoms with Gasteiger partial charge in [0.25, 0.3) is 0 Å². The molecule has 5 nitrogen and oxygen atoms in total. The van der Waals surface area contributed by atoms with Crippen molar-refractivity contribution in [1.82, 2.24) is 5.32 Å². The molecular formula is C22H27NO4S. The summed E-state index contributed by atoms with van der Waals surface area (Å²) in [4.78, 5) is 13.3. The number of hydrogen-bond donors (Lipinski definition) is 1. The van der Waals surface area contributed by atoms with Crippen LogP contribution >= 0.6 is 11.8 Å². The van der Waals surface area contributed by atoms with Crippen LogP contribution < -0.4 is 19.5 Å². The highest BCUT2D eigenvalue weighted by Crippen LogP contribution is 2.35. The number of benzene rings is 2. The van der Waals surface area contributed by atoms with E-state index in [1.807, 2.05) is 50.2 Å². The van der Waals surface area contributed by atoms with Gasteiger partial charge >= 0.3 is 0 Å². The quantitative estimate of drug-likeness (QED) is 0.638. The summed E-state index contributed by atoms with van der Waals surface area (Å²) < 4.78 is 17.0. The minimum atomic E-state index is -0.0175. The van der Waals surface area contributed by atoms with Crippen molar-refractivity contribution < 1.29 is 19.0 Å². The maximum atomic E-state index is 12.3. The Hall–Kier alpha value is -2.34. The van der Waals surface area contributed by atoms with E-state index in [2.05, 4.69) is 12.2 Å². The molecule has 28 heavy (non-hydrogen) atoms. The van der Waals surface area contributed by atoms with Gasteiger partial charge in [0, 0.05) is 29.0 Å². The van der Waals surface area contributed by atoms with Crippen molar-refractivity contribution in [3.8, 4) is 17.2 Å². The Kier molecular flexibility index (Phi) is 7.09. The zero-order chi connectivity index (χ0) is 19.9. The van der Waals surface area contributed by atoms with Gasteiger partial charge < -0.3 is 19.5 Å². The summed E-state index contributed by atoms with van der Waals surface area (Å²) in [6.07, 6.45) is 1.07. The van der Waals surface area contributed by atoms with Crippen LogP contribution in [0.4, 0.5) is 0 Å². The van der Waals surface area contributed by atoms with Crippen LogP contribution in [0.1, 0.15) is 31.9 Å². The summed E-state index contributed by atoms with van der Waals surface area (Å²) in [6, 6.07) is 11.8. The summed E-state index contributed by atoms with van der Waals surface area (Å²) >= 11 is 1.50. The molecule has 2 aromatic rings. The highest BCUT2D eigenvalue weighted by Gasteiger charge is 2.22. The van der Waals surface area contributed by atoms with Crippen molar-refractivity contribution >= 4 is 17.7 Å². The summed E-state index contributed by atoms with van der Waals surface area (Å²) in [6.45, 7) is 7.62. The first-order valence-corrected chi connectivity index (χ1v) is 10.6. The van der Waals surface area contributed by atoms with E-state index in [0.29, 0.717) is 25.5 Å². The number of amides is 1. The van der Waals surface area contributed by atoms with E-state index in [1.54, 1.807) is 0 Å². The molecule has 0 fully saturated rings. The average Bonchev–Trinajstić information content (AvgIpc) is 3.05. The lowest BCUT2D eigenvalue weighted by Crippen LogP contribution is -2.24. The van der Waals surface area contributed by atoms with E-state index in [1.165, 1.54) is 11.8 Å². The molecule has 3 rings (SSSR count). The Balaban J connectivity index is 1.54. The molecule has 0 saturated heterocycles. The Morgan fingerprint density at radius 2 is 1.93 bits per heavy atom. The molecule has 0 aliphatic carbocycles. The van der Waals surface area contributed by atoms with Gasteiger partial charge in [-0.15, -0.1) is 11.8 Å². The zero-order valence-electron chi connectivity index (χ0n) is 16.6. The number of nitrogens with one attached hydrogen (secondary N) is 1. The van der Waals surface area contributed by atoms with Gasteiger partial charge in [-0.2, -0.15) is 0 Å². The molecule has 1 aliphatic rings. The molecule has 150 valence electrons. The molecule has 0 aromatic heterocycles. The van der Waals surface area contributed by atoms with Crippen LogP contribution in [0.2, 0.25) is 0 Å². The lowest BCUT2D eigenvalue weighted by atomic mass is 10.1. The highest BCUT2D eigenvalue weighted by molar-refractivity contribution is 8.00. The van der Waals surface area contributed by atoms with E-state index in [0.717, 1.165) is 39.7 Å². The van der Waals surface area contributed by atoms with E-state index >= 15 is 0 Å². The molecule has 1 heterocycles. The van der Waals surface area contributed by atoms with E-state index in [4.69, 9.17) is 14.2 Å².